The molecule has 5 nitrogen and oxygen atoms in total. The topological polar surface area (TPSA) is 84.2 Å². The van der Waals surface area contributed by atoms with Crippen LogP contribution in [0.2, 0.25) is 0 Å². The molecule has 4 N–H and O–H groups in total. The number of benzene rings is 1. The summed E-state index contributed by atoms with van der Waals surface area (Å²) in [5, 5.41) is 5.20. The summed E-state index contributed by atoms with van der Waals surface area (Å²) in [5.41, 5.74) is 6.39. The van der Waals surface area contributed by atoms with Crippen molar-refractivity contribution >= 4 is 29.9 Å². The molecule has 7 heteroatoms. The molecular weight excluding hydrogens is 297 g/mol. The highest BCUT2D eigenvalue weighted by Gasteiger charge is 2.21. The maximum atomic E-state index is 13.9. The summed E-state index contributed by atoms with van der Waals surface area (Å²) in [5.74, 6) is -1.29. The summed E-state index contributed by atoms with van der Waals surface area (Å²) in [6.45, 7) is 3.79. The zero-order chi connectivity index (χ0) is 14.9. The summed E-state index contributed by atoms with van der Waals surface area (Å²) < 4.78 is 13.9. The van der Waals surface area contributed by atoms with Gasteiger partial charge < -0.3 is 16.4 Å². The van der Waals surface area contributed by atoms with Crippen LogP contribution >= 0.6 is 12.4 Å². The highest BCUT2D eigenvalue weighted by molar-refractivity contribution is 5.98. The second kappa shape index (κ2) is 6.41. The third-order valence-corrected chi connectivity index (χ3v) is 3.04. The number of carbonyl (C=O) groups excluding carboxylic acids is 2. The molecule has 1 heterocycles. The third-order valence-electron chi connectivity index (χ3n) is 3.04. The molecule has 0 atom stereocenters. The minimum atomic E-state index is -0.654. The second-order valence-electron chi connectivity index (χ2n) is 5.71. The van der Waals surface area contributed by atoms with Crippen LogP contribution in [-0.2, 0) is 11.2 Å². The van der Waals surface area contributed by atoms with Gasteiger partial charge in [0, 0.05) is 24.2 Å². The summed E-state index contributed by atoms with van der Waals surface area (Å²) in [6, 6.07) is 2.68. The van der Waals surface area contributed by atoms with Crippen LogP contribution < -0.4 is 16.4 Å². The van der Waals surface area contributed by atoms with E-state index in [1.54, 1.807) is 13.8 Å². The van der Waals surface area contributed by atoms with E-state index < -0.39 is 17.3 Å². The molecule has 0 fully saturated rings. The number of carbonyl (C=O) groups is 2. The van der Waals surface area contributed by atoms with Gasteiger partial charge in [0.1, 0.15) is 5.82 Å². The van der Waals surface area contributed by atoms with Crippen LogP contribution in [-0.4, -0.2) is 23.9 Å². The molecule has 116 valence electrons. The van der Waals surface area contributed by atoms with Gasteiger partial charge in [0.15, 0.2) is 0 Å². The van der Waals surface area contributed by atoms with Crippen molar-refractivity contribution in [2.24, 2.45) is 5.73 Å². The quantitative estimate of drug-likeness (QED) is 0.792. The Balaban J connectivity index is 0.00000220. The van der Waals surface area contributed by atoms with Crippen molar-refractivity contribution in [1.82, 2.24) is 5.32 Å². The number of hydrogen-bond acceptors (Lipinski definition) is 3. The van der Waals surface area contributed by atoms with E-state index in [2.05, 4.69) is 10.6 Å². The molecular formula is C14H19ClFN3O2. The van der Waals surface area contributed by atoms with Gasteiger partial charge in [-0.25, -0.2) is 4.39 Å². The number of aryl methyl sites for hydroxylation is 1. The highest BCUT2D eigenvalue weighted by atomic mass is 35.5. The number of nitrogens with one attached hydrogen (secondary N) is 2. The van der Waals surface area contributed by atoms with Crippen LogP contribution in [0, 0.1) is 5.82 Å². The largest absolute Gasteiger partial charge is 0.350 e. The lowest BCUT2D eigenvalue weighted by Crippen LogP contribution is -2.45. The normalized spacial score (nSPS) is 13.8. The van der Waals surface area contributed by atoms with Crippen molar-refractivity contribution in [3.8, 4) is 0 Å². The highest BCUT2D eigenvalue weighted by Crippen LogP contribution is 2.25. The van der Waals surface area contributed by atoms with Gasteiger partial charge in [-0.05, 0) is 38.0 Å². The predicted molar refractivity (Wildman–Crippen MR) is 81.2 cm³/mol. The molecule has 0 radical (unpaired) electrons. The average Bonchev–Trinajstić information content (AvgIpc) is 2.34. The van der Waals surface area contributed by atoms with Crippen molar-refractivity contribution in [3.63, 3.8) is 0 Å². The van der Waals surface area contributed by atoms with E-state index in [0.29, 0.717) is 18.5 Å². The predicted octanol–water partition coefficient (Wildman–Crippen LogP) is 1.60. The van der Waals surface area contributed by atoms with Crippen LogP contribution in [0.25, 0.3) is 0 Å². The Hall–Kier alpha value is -1.66. The molecule has 0 spiro atoms. The fraction of sp³-hybridized carbons (Fsp3) is 0.429. The first kappa shape index (κ1) is 17.4. The Morgan fingerprint density at radius 2 is 2.10 bits per heavy atom. The van der Waals surface area contributed by atoms with Crippen LogP contribution in [0.3, 0.4) is 0 Å². The number of anilines is 1. The Bertz CT molecular complexity index is 570. The van der Waals surface area contributed by atoms with Crippen molar-refractivity contribution in [2.75, 3.05) is 11.9 Å². The Labute approximate surface area is 128 Å². The SMILES string of the molecule is CC(C)(N)CNC(=O)c1cc2c(cc1F)NC(=O)CC2.Cl. The Kier molecular flexibility index (Phi) is 5.31. The summed E-state index contributed by atoms with van der Waals surface area (Å²) in [4.78, 5) is 23.2. The van der Waals surface area contributed by atoms with E-state index in [1.165, 1.54) is 12.1 Å². The van der Waals surface area contributed by atoms with E-state index in [4.69, 9.17) is 5.73 Å². The first-order valence-corrected chi connectivity index (χ1v) is 6.45. The van der Waals surface area contributed by atoms with E-state index in [-0.39, 0.29) is 30.4 Å². The molecule has 0 aliphatic carbocycles. The van der Waals surface area contributed by atoms with E-state index in [9.17, 15) is 14.0 Å². The molecule has 2 rings (SSSR count). The van der Waals surface area contributed by atoms with E-state index in [0.717, 1.165) is 5.56 Å². The summed E-state index contributed by atoms with van der Waals surface area (Å²) in [7, 11) is 0. The van der Waals surface area contributed by atoms with Crippen molar-refractivity contribution in [2.45, 2.75) is 32.2 Å². The van der Waals surface area contributed by atoms with Gasteiger partial charge in [0.05, 0.1) is 5.56 Å². The number of fused-ring (bicyclic) bond motifs is 1. The van der Waals surface area contributed by atoms with Gasteiger partial charge in [-0.1, -0.05) is 0 Å². The number of nitrogens with two attached hydrogens (primary N) is 1. The van der Waals surface area contributed by atoms with Crippen LogP contribution in [0.1, 0.15) is 36.2 Å². The lowest BCUT2D eigenvalue weighted by molar-refractivity contribution is -0.116. The zero-order valence-corrected chi connectivity index (χ0v) is 12.8. The van der Waals surface area contributed by atoms with Crippen LogP contribution in [0.4, 0.5) is 10.1 Å². The number of amides is 2. The van der Waals surface area contributed by atoms with Gasteiger partial charge in [0.25, 0.3) is 5.91 Å². The Morgan fingerprint density at radius 3 is 2.71 bits per heavy atom. The van der Waals surface area contributed by atoms with Crippen molar-refractivity contribution in [3.05, 3.63) is 29.1 Å². The first-order valence-electron chi connectivity index (χ1n) is 6.45. The zero-order valence-electron chi connectivity index (χ0n) is 12.0. The fourth-order valence-electron chi connectivity index (χ4n) is 1.98. The lowest BCUT2D eigenvalue weighted by Gasteiger charge is -2.20. The molecule has 0 aromatic heterocycles. The average molecular weight is 316 g/mol. The van der Waals surface area contributed by atoms with Gasteiger partial charge in [-0.15, -0.1) is 12.4 Å². The number of rotatable bonds is 3. The van der Waals surface area contributed by atoms with Crippen LogP contribution in [0.5, 0.6) is 0 Å². The van der Waals surface area contributed by atoms with Gasteiger partial charge >= 0.3 is 0 Å². The number of halogens is 2. The molecule has 0 saturated carbocycles. The summed E-state index contributed by atoms with van der Waals surface area (Å²) >= 11 is 0. The maximum Gasteiger partial charge on any atom is 0.254 e. The maximum absolute atomic E-state index is 13.9. The van der Waals surface area contributed by atoms with E-state index in [1.807, 2.05) is 0 Å². The van der Waals surface area contributed by atoms with Crippen molar-refractivity contribution in [1.29, 1.82) is 0 Å². The molecule has 1 aromatic carbocycles. The second-order valence-corrected chi connectivity index (χ2v) is 5.71. The fourth-order valence-corrected chi connectivity index (χ4v) is 1.98. The lowest BCUT2D eigenvalue weighted by atomic mass is 9.99. The molecule has 2 amide bonds. The molecule has 1 aliphatic heterocycles. The smallest absolute Gasteiger partial charge is 0.254 e. The minimum absolute atomic E-state index is 0. The number of hydrogen-bond donors (Lipinski definition) is 3. The van der Waals surface area contributed by atoms with Gasteiger partial charge in [0.2, 0.25) is 5.91 Å². The molecule has 21 heavy (non-hydrogen) atoms. The first-order chi connectivity index (χ1) is 9.26. The minimum Gasteiger partial charge on any atom is -0.350 e. The molecule has 0 bridgehead atoms. The van der Waals surface area contributed by atoms with Gasteiger partial charge in [-0.3, -0.25) is 9.59 Å². The molecule has 0 unspecified atom stereocenters. The summed E-state index contributed by atoms with van der Waals surface area (Å²) in [6.07, 6.45) is 0.847. The molecule has 1 aromatic rings. The third kappa shape index (κ3) is 4.41. The van der Waals surface area contributed by atoms with Gasteiger partial charge in [-0.2, -0.15) is 0 Å². The Morgan fingerprint density at radius 1 is 1.43 bits per heavy atom. The molecule has 1 aliphatic rings. The van der Waals surface area contributed by atoms with Crippen molar-refractivity contribution < 1.29 is 14.0 Å². The van der Waals surface area contributed by atoms with E-state index >= 15 is 0 Å². The molecule has 0 saturated heterocycles. The van der Waals surface area contributed by atoms with Crippen LogP contribution in [0.15, 0.2) is 12.1 Å². The monoisotopic (exact) mass is 315 g/mol. The standard InChI is InChI=1S/C14H18FN3O2.ClH/c1-14(2,16)7-17-13(20)9-5-8-3-4-12(19)18-11(8)6-10(9)15;/h5-6H,3-4,7,16H2,1-2H3,(H,17,20)(H,18,19);1H.